The lowest BCUT2D eigenvalue weighted by atomic mass is 10.0. The van der Waals surface area contributed by atoms with E-state index in [1.807, 2.05) is 0 Å². The minimum atomic E-state index is -4.69. The van der Waals surface area contributed by atoms with Gasteiger partial charge in [-0.3, -0.25) is 0 Å². The molecule has 0 aromatic heterocycles. The summed E-state index contributed by atoms with van der Waals surface area (Å²) in [6.07, 6.45) is 0. The second kappa shape index (κ2) is 4.61. The van der Waals surface area contributed by atoms with E-state index >= 15 is 0 Å². The molecule has 0 spiro atoms. The van der Waals surface area contributed by atoms with E-state index in [1.54, 1.807) is 13.8 Å². The van der Waals surface area contributed by atoms with Crippen LogP contribution in [0.25, 0.3) is 0 Å². The molecule has 0 saturated heterocycles. The first-order chi connectivity index (χ1) is 7.20. The fourth-order valence-electron chi connectivity index (χ4n) is 1.13. The molecule has 0 atom stereocenters. The van der Waals surface area contributed by atoms with E-state index in [1.165, 1.54) is 0 Å². The van der Waals surface area contributed by atoms with Crippen molar-refractivity contribution in [3.8, 4) is 0 Å². The van der Waals surface area contributed by atoms with Crippen LogP contribution in [0.4, 0.5) is 22.0 Å². The Hall–Kier alpha value is -0.780. The van der Waals surface area contributed by atoms with Crippen LogP contribution < -0.4 is 0 Å². The van der Waals surface area contributed by atoms with E-state index < -0.39 is 33.8 Å². The average Bonchev–Trinajstić information content (AvgIpc) is 2.09. The Kier molecular flexibility index (Phi) is 3.83. The van der Waals surface area contributed by atoms with E-state index in [-0.39, 0.29) is 5.92 Å². The molecule has 90 valence electrons. The molecule has 1 rings (SSSR count). The third-order valence-electron chi connectivity index (χ3n) is 1.91. The number of hydrogen-bond acceptors (Lipinski definition) is 1. The number of benzene rings is 1. The van der Waals surface area contributed by atoms with Gasteiger partial charge in [0, 0.05) is 0 Å². The molecule has 0 aliphatic rings. The molecule has 16 heavy (non-hydrogen) atoms. The predicted molar refractivity (Wildman–Crippen MR) is 52.4 cm³/mol. The van der Waals surface area contributed by atoms with E-state index in [9.17, 15) is 22.0 Å². The molecule has 0 fully saturated rings. The third-order valence-corrected chi connectivity index (χ3v) is 2.73. The van der Waals surface area contributed by atoms with Crippen LogP contribution >= 0.6 is 11.8 Å². The maximum atomic E-state index is 13.2. The maximum Gasteiger partial charge on any atom is 0.446 e. The quantitative estimate of drug-likeness (QED) is 0.546. The number of alkyl halides is 3. The van der Waals surface area contributed by atoms with Gasteiger partial charge >= 0.3 is 5.51 Å². The Bertz CT molecular complexity index is 360. The zero-order valence-corrected chi connectivity index (χ0v) is 9.35. The fourth-order valence-corrected chi connectivity index (χ4v) is 1.67. The van der Waals surface area contributed by atoms with Crippen molar-refractivity contribution in [2.45, 2.75) is 30.2 Å². The minimum absolute atomic E-state index is 0.145. The largest absolute Gasteiger partial charge is 0.446 e. The molecule has 0 aliphatic carbocycles. The second-order valence-corrected chi connectivity index (χ2v) is 4.59. The second-order valence-electron chi connectivity index (χ2n) is 3.52. The summed E-state index contributed by atoms with van der Waals surface area (Å²) in [5, 5.41) is 0. The van der Waals surface area contributed by atoms with E-state index in [0.29, 0.717) is 5.56 Å². The van der Waals surface area contributed by atoms with Crippen molar-refractivity contribution in [3.63, 3.8) is 0 Å². The molecule has 0 amide bonds. The van der Waals surface area contributed by atoms with Crippen LogP contribution in [0.2, 0.25) is 0 Å². The number of halogens is 5. The van der Waals surface area contributed by atoms with Crippen LogP contribution in [0.5, 0.6) is 0 Å². The highest BCUT2D eigenvalue weighted by molar-refractivity contribution is 8.00. The van der Waals surface area contributed by atoms with Crippen LogP contribution in [-0.4, -0.2) is 5.51 Å². The molecule has 0 N–H and O–H groups in total. The number of rotatable bonds is 2. The van der Waals surface area contributed by atoms with Gasteiger partial charge in [-0.1, -0.05) is 13.8 Å². The van der Waals surface area contributed by atoms with Gasteiger partial charge in [0.15, 0.2) is 0 Å². The number of hydrogen-bond donors (Lipinski definition) is 0. The van der Waals surface area contributed by atoms with Crippen molar-refractivity contribution >= 4 is 11.8 Å². The highest BCUT2D eigenvalue weighted by atomic mass is 32.2. The van der Waals surface area contributed by atoms with Crippen molar-refractivity contribution in [2.75, 3.05) is 0 Å². The molecule has 0 bridgehead atoms. The predicted octanol–water partition coefficient (Wildman–Crippen LogP) is 4.70. The Labute approximate surface area is 93.8 Å². The highest BCUT2D eigenvalue weighted by Gasteiger charge is 2.32. The highest BCUT2D eigenvalue weighted by Crippen LogP contribution is 2.40. The molecule has 0 saturated carbocycles. The van der Waals surface area contributed by atoms with Gasteiger partial charge in [-0.2, -0.15) is 13.2 Å². The van der Waals surface area contributed by atoms with Gasteiger partial charge in [0.05, 0.1) is 4.90 Å². The monoisotopic (exact) mass is 256 g/mol. The van der Waals surface area contributed by atoms with Gasteiger partial charge in [-0.05, 0) is 35.4 Å². The topological polar surface area (TPSA) is 0 Å². The Morgan fingerprint density at radius 2 is 1.50 bits per heavy atom. The molecule has 0 nitrogen and oxygen atoms in total. The van der Waals surface area contributed by atoms with Crippen molar-refractivity contribution in [1.29, 1.82) is 0 Å². The maximum absolute atomic E-state index is 13.2. The molecular formula is C10H9F5S. The zero-order chi connectivity index (χ0) is 12.5. The summed E-state index contributed by atoms with van der Waals surface area (Å²) in [4.78, 5) is -1.00. The van der Waals surface area contributed by atoms with E-state index in [4.69, 9.17) is 0 Å². The van der Waals surface area contributed by atoms with Gasteiger partial charge in [0.1, 0.15) is 11.6 Å². The van der Waals surface area contributed by atoms with Gasteiger partial charge in [0.25, 0.3) is 0 Å². The summed E-state index contributed by atoms with van der Waals surface area (Å²) >= 11 is -0.776. The molecule has 1 aromatic carbocycles. The first-order valence-corrected chi connectivity index (χ1v) is 5.27. The lowest BCUT2D eigenvalue weighted by molar-refractivity contribution is -0.0330. The van der Waals surface area contributed by atoms with Gasteiger partial charge in [-0.25, -0.2) is 8.78 Å². The molecule has 0 aliphatic heterocycles. The lowest BCUT2D eigenvalue weighted by Crippen LogP contribution is -2.03. The Morgan fingerprint density at radius 1 is 1.06 bits per heavy atom. The summed E-state index contributed by atoms with van der Waals surface area (Å²) in [6, 6.07) is 1.86. The van der Waals surface area contributed by atoms with Crippen molar-refractivity contribution in [1.82, 2.24) is 0 Å². The van der Waals surface area contributed by atoms with Crippen molar-refractivity contribution < 1.29 is 22.0 Å². The van der Waals surface area contributed by atoms with E-state index in [0.717, 1.165) is 12.1 Å². The first-order valence-electron chi connectivity index (χ1n) is 4.45. The molecule has 6 heteroatoms. The molecule has 0 radical (unpaired) electrons. The van der Waals surface area contributed by atoms with Crippen LogP contribution in [0, 0.1) is 11.6 Å². The Balaban J connectivity index is 3.13. The van der Waals surface area contributed by atoms with Crippen LogP contribution in [0.1, 0.15) is 25.3 Å². The van der Waals surface area contributed by atoms with E-state index in [2.05, 4.69) is 0 Å². The smallest absolute Gasteiger partial charge is 0.206 e. The summed E-state index contributed by atoms with van der Waals surface area (Å²) in [6.45, 7) is 3.40. The lowest BCUT2D eigenvalue weighted by Gasteiger charge is -2.11. The average molecular weight is 256 g/mol. The van der Waals surface area contributed by atoms with Crippen molar-refractivity contribution in [3.05, 3.63) is 29.3 Å². The van der Waals surface area contributed by atoms with Gasteiger partial charge in [-0.15, -0.1) is 0 Å². The minimum Gasteiger partial charge on any atom is -0.206 e. The fraction of sp³-hybridized carbons (Fsp3) is 0.400. The normalized spacial score (nSPS) is 12.2. The third kappa shape index (κ3) is 3.37. The van der Waals surface area contributed by atoms with Gasteiger partial charge in [0.2, 0.25) is 0 Å². The van der Waals surface area contributed by atoms with Crippen molar-refractivity contribution in [2.24, 2.45) is 0 Å². The van der Waals surface area contributed by atoms with Gasteiger partial charge < -0.3 is 0 Å². The molecule has 0 heterocycles. The Morgan fingerprint density at radius 3 is 1.81 bits per heavy atom. The van der Waals surface area contributed by atoms with Crippen LogP contribution in [0.15, 0.2) is 17.0 Å². The SMILES string of the molecule is CC(C)c1cc(F)c(SC(F)(F)F)c(F)c1. The standard InChI is InChI=1S/C10H9F5S/c1-5(2)6-3-7(11)9(8(12)4-6)16-10(13,14)15/h3-5H,1-2H3. The molecule has 1 aromatic rings. The summed E-state index contributed by atoms with van der Waals surface area (Å²) in [7, 11) is 0. The molecule has 0 unspecified atom stereocenters. The zero-order valence-electron chi connectivity index (χ0n) is 8.53. The summed E-state index contributed by atoms with van der Waals surface area (Å²) < 4.78 is 62.5. The van der Waals surface area contributed by atoms with Crippen LogP contribution in [0.3, 0.4) is 0 Å². The summed E-state index contributed by atoms with van der Waals surface area (Å²) in [5.74, 6) is -2.49. The van der Waals surface area contributed by atoms with Crippen LogP contribution in [-0.2, 0) is 0 Å². The summed E-state index contributed by atoms with van der Waals surface area (Å²) in [5.41, 5.74) is -4.36. The molecular weight excluding hydrogens is 247 g/mol. The first kappa shape index (κ1) is 13.3. The number of thioether (sulfide) groups is 1.